The molecule has 98 valence electrons. The fraction of sp³-hybridized carbons (Fsp3) is 0.600. The normalized spacial score (nSPS) is 27.3. The van der Waals surface area contributed by atoms with Crippen molar-refractivity contribution in [2.75, 3.05) is 13.1 Å². The first kappa shape index (κ1) is 12.3. The van der Waals surface area contributed by atoms with Gasteiger partial charge in [0.2, 0.25) is 12.0 Å². The van der Waals surface area contributed by atoms with E-state index in [2.05, 4.69) is 10.5 Å². The van der Waals surface area contributed by atoms with Gasteiger partial charge in [0.05, 0.1) is 0 Å². The minimum Gasteiger partial charge on any atom is -0.477 e. The van der Waals surface area contributed by atoms with Gasteiger partial charge in [-0.3, -0.25) is 9.59 Å². The highest BCUT2D eigenvalue weighted by Crippen LogP contribution is 2.16. The number of carbonyl (C=O) groups excluding carboxylic acids is 2. The lowest BCUT2D eigenvalue weighted by Crippen LogP contribution is -2.58. The smallest absolute Gasteiger partial charge is 0.353 e. The first-order chi connectivity index (χ1) is 8.50. The molecule has 8 heteroatoms. The Labute approximate surface area is 103 Å². The van der Waals surface area contributed by atoms with Crippen molar-refractivity contribution < 1.29 is 24.3 Å². The molecule has 0 aromatic carbocycles. The molecule has 2 rings (SSSR count). The van der Waals surface area contributed by atoms with E-state index in [4.69, 9.17) is 9.94 Å². The molecule has 0 aromatic heterocycles. The molecular weight excluding hydrogens is 242 g/mol. The molecule has 2 N–H and O–H groups in total. The Balaban J connectivity index is 2.01. The standard InChI is InChI=1S/C10H13N3O5/c1-5-8(14)11-2-3-13(5)9(15)7-4-6(10(16)17)12-18-7/h5,7H,2-4H2,1H3,(H,11,14)(H,16,17). The van der Waals surface area contributed by atoms with Crippen LogP contribution >= 0.6 is 0 Å². The Morgan fingerprint density at radius 3 is 2.89 bits per heavy atom. The Kier molecular flexibility index (Phi) is 3.17. The van der Waals surface area contributed by atoms with E-state index in [9.17, 15) is 14.4 Å². The molecule has 0 bridgehead atoms. The van der Waals surface area contributed by atoms with Crippen LogP contribution in [0.2, 0.25) is 0 Å². The van der Waals surface area contributed by atoms with Crippen LogP contribution in [-0.2, 0) is 19.2 Å². The van der Waals surface area contributed by atoms with E-state index in [0.29, 0.717) is 13.1 Å². The van der Waals surface area contributed by atoms with Gasteiger partial charge in [0.15, 0.2) is 5.71 Å². The van der Waals surface area contributed by atoms with Gasteiger partial charge in [-0.1, -0.05) is 5.16 Å². The van der Waals surface area contributed by atoms with Crippen LogP contribution in [0.1, 0.15) is 13.3 Å². The summed E-state index contributed by atoms with van der Waals surface area (Å²) < 4.78 is 0. The summed E-state index contributed by atoms with van der Waals surface area (Å²) in [5.41, 5.74) is -0.178. The Bertz CT molecular complexity index is 433. The SMILES string of the molecule is CC1C(=O)NCCN1C(=O)C1CC(C(=O)O)=NO1. The molecule has 2 amide bonds. The summed E-state index contributed by atoms with van der Waals surface area (Å²) in [6.45, 7) is 2.38. The minimum absolute atomic E-state index is 0.0704. The van der Waals surface area contributed by atoms with Crippen LogP contribution in [0.3, 0.4) is 0 Å². The van der Waals surface area contributed by atoms with E-state index in [1.165, 1.54) is 4.90 Å². The third-order valence-electron chi connectivity index (χ3n) is 2.97. The average molecular weight is 255 g/mol. The van der Waals surface area contributed by atoms with Gasteiger partial charge in [-0.25, -0.2) is 4.79 Å². The van der Waals surface area contributed by atoms with Crippen molar-refractivity contribution in [3.8, 4) is 0 Å². The van der Waals surface area contributed by atoms with Gasteiger partial charge in [0, 0.05) is 19.5 Å². The van der Waals surface area contributed by atoms with Gasteiger partial charge < -0.3 is 20.2 Å². The number of carboxylic acids is 1. The molecule has 2 atom stereocenters. The zero-order valence-corrected chi connectivity index (χ0v) is 9.75. The van der Waals surface area contributed by atoms with Gasteiger partial charge in [-0.2, -0.15) is 0 Å². The number of carboxylic acid groups (broad SMARTS) is 1. The highest BCUT2D eigenvalue weighted by molar-refractivity contribution is 6.36. The van der Waals surface area contributed by atoms with E-state index in [1.807, 2.05) is 0 Å². The lowest BCUT2D eigenvalue weighted by molar-refractivity contribution is -0.150. The minimum atomic E-state index is -1.20. The number of amides is 2. The molecule has 0 spiro atoms. The molecular formula is C10H13N3O5. The fourth-order valence-electron chi connectivity index (χ4n) is 1.90. The monoisotopic (exact) mass is 255 g/mol. The number of carbonyl (C=O) groups is 3. The second-order valence-electron chi connectivity index (χ2n) is 4.14. The van der Waals surface area contributed by atoms with E-state index in [0.717, 1.165) is 0 Å². The Morgan fingerprint density at radius 2 is 2.28 bits per heavy atom. The molecule has 0 radical (unpaired) electrons. The third-order valence-corrected chi connectivity index (χ3v) is 2.97. The molecule has 2 aliphatic rings. The van der Waals surface area contributed by atoms with Crippen LogP contribution in [-0.4, -0.2) is 58.7 Å². The lowest BCUT2D eigenvalue weighted by atomic mass is 10.1. The molecule has 1 saturated heterocycles. The molecule has 18 heavy (non-hydrogen) atoms. The van der Waals surface area contributed by atoms with Gasteiger partial charge in [0.1, 0.15) is 6.04 Å². The van der Waals surface area contributed by atoms with Crippen LogP contribution in [0, 0.1) is 0 Å². The molecule has 2 aliphatic heterocycles. The summed E-state index contributed by atoms with van der Waals surface area (Å²) in [5, 5.41) is 14.7. The molecule has 2 unspecified atom stereocenters. The molecule has 2 heterocycles. The molecule has 0 aromatic rings. The highest BCUT2D eigenvalue weighted by atomic mass is 16.6. The number of hydrogen-bond donors (Lipinski definition) is 2. The molecule has 0 saturated carbocycles. The zero-order valence-electron chi connectivity index (χ0n) is 9.75. The van der Waals surface area contributed by atoms with Crippen molar-refractivity contribution in [1.29, 1.82) is 0 Å². The van der Waals surface area contributed by atoms with Crippen LogP contribution in [0.15, 0.2) is 5.16 Å². The van der Waals surface area contributed by atoms with Gasteiger partial charge in [-0.15, -0.1) is 0 Å². The molecule has 0 aliphatic carbocycles. The quantitative estimate of drug-likeness (QED) is 0.628. The van der Waals surface area contributed by atoms with E-state index in [1.54, 1.807) is 6.92 Å². The van der Waals surface area contributed by atoms with Crippen LogP contribution < -0.4 is 5.32 Å². The number of nitrogens with one attached hydrogen (secondary N) is 1. The molecule has 8 nitrogen and oxygen atoms in total. The van der Waals surface area contributed by atoms with Crippen molar-refractivity contribution in [3.05, 3.63) is 0 Å². The Morgan fingerprint density at radius 1 is 1.56 bits per heavy atom. The topological polar surface area (TPSA) is 108 Å². The summed E-state index contributed by atoms with van der Waals surface area (Å²) in [7, 11) is 0. The van der Waals surface area contributed by atoms with Crippen molar-refractivity contribution in [1.82, 2.24) is 10.2 Å². The van der Waals surface area contributed by atoms with Crippen LogP contribution in [0.25, 0.3) is 0 Å². The predicted molar refractivity (Wildman–Crippen MR) is 58.7 cm³/mol. The van der Waals surface area contributed by atoms with E-state index < -0.39 is 24.0 Å². The third kappa shape index (κ3) is 2.13. The lowest BCUT2D eigenvalue weighted by Gasteiger charge is -2.33. The van der Waals surface area contributed by atoms with Gasteiger partial charge in [0.25, 0.3) is 5.91 Å². The van der Waals surface area contributed by atoms with Crippen molar-refractivity contribution in [2.45, 2.75) is 25.5 Å². The summed E-state index contributed by atoms with van der Waals surface area (Å²) in [6.07, 6.45) is -1.01. The second kappa shape index (κ2) is 4.63. The largest absolute Gasteiger partial charge is 0.477 e. The summed E-state index contributed by atoms with van der Waals surface area (Å²) in [4.78, 5) is 40.4. The van der Waals surface area contributed by atoms with E-state index in [-0.39, 0.29) is 18.0 Å². The summed E-state index contributed by atoms with van der Waals surface area (Å²) in [5.74, 6) is -1.83. The average Bonchev–Trinajstić information content (AvgIpc) is 2.81. The van der Waals surface area contributed by atoms with Gasteiger partial charge in [-0.05, 0) is 6.92 Å². The number of aliphatic carboxylic acids is 1. The zero-order chi connectivity index (χ0) is 13.3. The fourth-order valence-corrected chi connectivity index (χ4v) is 1.90. The number of rotatable bonds is 2. The summed E-state index contributed by atoms with van der Waals surface area (Å²) in [6, 6.07) is -0.580. The Hall–Kier alpha value is -2.12. The summed E-state index contributed by atoms with van der Waals surface area (Å²) >= 11 is 0. The number of nitrogens with zero attached hydrogens (tertiary/aromatic N) is 2. The van der Waals surface area contributed by atoms with Crippen molar-refractivity contribution >= 4 is 23.5 Å². The number of hydrogen-bond acceptors (Lipinski definition) is 5. The maximum absolute atomic E-state index is 12.1. The predicted octanol–water partition coefficient (Wildman–Crippen LogP) is -1.44. The first-order valence-electron chi connectivity index (χ1n) is 5.55. The maximum atomic E-state index is 12.1. The van der Waals surface area contributed by atoms with Crippen LogP contribution in [0.5, 0.6) is 0 Å². The number of oxime groups is 1. The van der Waals surface area contributed by atoms with Crippen molar-refractivity contribution in [2.24, 2.45) is 5.16 Å². The first-order valence-corrected chi connectivity index (χ1v) is 5.55. The molecule has 1 fully saturated rings. The second-order valence-corrected chi connectivity index (χ2v) is 4.14. The van der Waals surface area contributed by atoms with Crippen LogP contribution in [0.4, 0.5) is 0 Å². The highest BCUT2D eigenvalue weighted by Gasteiger charge is 2.38. The van der Waals surface area contributed by atoms with E-state index >= 15 is 0 Å². The maximum Gasteiger partial charge on any atom is 0.353 e. The van der Waals surface area contributed by atoms with Gasteiger partial charge >= 0.3 is 5.97 Å². The number of piperazine rings is 1. The van der Waals surface area contributed by atoms with Crippen molar-refractivity contribution in [3.63, 3.8) is 0 Å².